The summed E-state index contributed by atoms with van der Waals surface area (Å²) < 4.78 is 13.0. The third-order valence-electron chi connectivity index (χ3n) is 3.03. The third kappa shape index (κ3) is 2.71. The lowest BCUT2D eigenvalue weighted by Crippen LogP contribution is -2.17. The molecule has 0 unspecified atom stereocenters. The van der Waals surface area contributed by atoms with Crippen LogP contribution >= 0.6 is 0 Å². The fraction of sp³-hybridized carbons (Fsp3) is 0.133. The molecular weight excluding hydrogens is 259 g/mol. The molecule has 4 nitrogen and oxygen atoms in total. The molecule has 0 aliphatic carbocycles. The molecular formula is C15H15FN2O2. The second kappa shape index (κ2) is 5.61. The maximum absolute atomic E-state index is 13.0. The molecule has 20 heavy (non-hydrogen) atoms. The van der Waals surface area contributed by atoms with Gasteiger partial charge in [-0.25, -0.2) is 9.18 Å². The van der Waals surface area contributed by atoms with Gasteiger partial charge >= 0.3 is 5.97 Å². The van der Waals surface area contributed by atoms with Crippen LogP contribution in [0.4, 0.5) is 21.5 Å². The predicted molar refractivity (Wildman–Crippen MR) is 76.9 cm³/mol. The highest BCUT2D eigenvalue weighted by Crippen LogP contribution is 2.28. The quantitative estimate of drug-likeness (QED) is 0.840. The Hall–Kier alpha value is -2.56. The Bertz CT molecular complexity index is 626. The van der Waals surface area contributed by atoms with Crippen molar-refractivity contribution in [3.05, 3.63) is 53.8 Å². The molecule has 0 atom stereocenters. The topological polar surface area (TPSA) is 66.6 Å². The van der Waals surface area contributed by atoms with Crippen LogP contribution in [0, 0.1) is 5.82 Å². The van der Waals surface area contributed by atoms with E-state index in [1.807, 2.05) is 11.8 Å². The number of carboxylic acid groups (broad SMARTS) is 1. The Morgan fingerprint density at radius 3 is 2.35 bits per heavy atom. The Morgan fingerprint density at radius 1 is 1.20 bits per heavy atom. The molecule has 0 saturated heterocycles. The summed E-state index contributed by atoms with van der Waals surface area (Å²) in [6.07, 6.45) is 0. The van der Waals surface area contributed by atoms with Crippen molar-refractivity contribution in [2.75, 3.05) is 17.2 Å². The number of benzene rings is 2. The zero-order valence-corrected chi connectivity index (χ0v) is 11.0. The molecule has 0 bridgehead atoms. The van der Waals surface area contributed by atoms with Crippen LogP contribution in [0.5, 0.6) is 0 Å². The summed E-state index contributed by atoms with van der Waals surface area (Å²) in [6, 6.07) is 10.9. The van der Waals surface area contributed by atoms with E-state index in [1.54, 1.807) is 24.3 Å². The molecule has 0 heterocycles. The van der Waals surface area contributed by atoms with Crippen LogP contribution in [0.1, 0.15) is 17.3 Å². The Morgan fingerprint density at radius 2 is 1.80 bits per heavy atom. The first kappa shape index (κ1) is 13.9. The zero-order valence-electron chi connectivity index (χ0n) is 11.0. The number of carboxylic acids is 1. The lowest BCUT2D eigenvalue weighted by molar-refractivity contribution is 0.0698. The Balaban J connectivity index is 2.44. The predicted octanol–water partition coefficient (Wildman–Crippen LogP) is 3.26. The number of anilines is 3. The summed E-state index contributed by atoms with van der Waals surface area (Å²) >= 11 is 0. The second-order valence-corrected chi connectivity index (χ2v) is 4.30. The summed E-state index contributed by atoms with van der Waals surface area (Å²) in [5.41, 5.74) is 7.41. The van der Waals surface area contributed by atoms with Crippen LogP contribution in [0.25, 0.3) is 0 Å². The van der Waals surface area contributed by atoms with Crippen molar-refractivity contribution in [3.63, 3.8) is 0 Å². The van der Waals surface area contributed by atoms with E-state index >= 15 is 0 Å². The standard InChI is InChI=1S/C15H15FN2O2/c1-2-18(11-5-3-10(16)4-6-11)12-7-8-14(17)13(9-12)15(19)20/h3-9H,2,17H2,1H3,(H,19,20). The molecule has 0 fully saturated rings. The lowest BCUT2D eigenvalue weighted by Gasteiger charge is -2.24. The summed E-state index contributed by atoms with van der Waals surface area (Å²) in [7, 11) is 0. The van der Waals surface area contributed by atoms with Gasteiger partial charge in [0.05, 0.1) is 5.56 Å². The van der Waals surface area contributed by atoms with Gasteiger partial charge in [-0.2, -0.15) is 0 Å². The largest absolute Gasteiger partial charge is 0.478 e. The molecule has 0 radical (unpaired) electrons. The highest BCUT2D eigenvalue weighted by molar-refractivity contribution is 5.95. The normalized spacial score (nSPS) is 10.3. The molecule has 0 spiro atoms. The first-order valence-corrected chi connectivity index (χ1v) is 6.19. The van der Waals surface area contributed by atoms with Gasteiger partial charge in [-0.15, -0.1) is 0 Å². The number of hydrogen-bond donors (Lipinski definition) is 2. The maximum Gasteiger partial charge on any atom is 0.337 e. The van der Waals surface area contributed by atoms with E-state index in [0.717, 1.165) is 5.69 Å². The van der Waals surface area contributed by atoms with Crippen LogP contribution in [0.15, 0.2) is 42.5 Å². The van der Waals surface area contributed by atoms with Gasteiger partial charge in [0.15, 0.2) is 0 Å². The molecule has 0 aliphatic heterocycles. The number of nitrogens with two attached hydrogens (primary N) is 1. The Labute approximate surface area is 116 Å². The van der Waals surface area contributed by atoms with Crippen molar-refractivity contribution in [2.24, 2.45) is 0 Å². The van der Waals surface area contributed by atoms with Crippen molar-refractivity contribution in [1.82, 2.24) is 0 Å². The van der Waals surface area contributed by atoms with Gasteiger partial charge in [-0.1, -0.05) is 0 Å². The lowest BCUT2D eigenvalue weighted by atomic mass is 10.1. The van der Waals surface area contributed by atoms with Gasteiger partial charge in [0.25, 0.3) is 0 Å². The molecule has 3 N–H and O–H groups in total. The molecule has 0 aliphatic rings. The summed E-state index contributed by atoms with van der Waals surface area (Å²) in [5, 5.41) is 9.10. The molecule has 5 heteroatoms. The smallest absolute Gasteiger partial charge is 0.337 e. The van der Waals surface area contributed by atoms with Crippen LogP contribution in [0.3, 0.4) is 0 Å². The average Bonchev–Trinajstić information content (AvgIpc) is 2.43. The SMILES string of the molecule is CCN(c1ccc(F)cc1)c1ccc(N)c(C(=O)O)c1. The second-order valence-electron chi connectivity index (χ2n) is 4.30. The maximum atomic E-state index is 13.0. The minimum Gasteiger partial charge on any atom is -0.478 e. The van der Waals surface area contributed by atoms with Gasteiger partial charge in [0, 0.05) is 23.6 Å². The molecule has 2 rings (SSSR count). The van der Waals surface area contributed by atoms with Crippen molar-refractivity contribution in [3.8, 4) is 0 Å². The number of aromatic carboxylic acids is 1. The average molecular weight is 274 g/mol. The molecule has 2 aromatic carbocycles. The van der Waals surface area contributed by atoms with Crippen LogP contribution < -0.4 is 10.6 Å². The van der Waals surface area contributed by atoms with Gasteiger partial charge in [-0.05, 0) is 49.4 Å². The van der Waals surface area contributed by atoms with Crippen molar-refractivity contribution in [1.29, 1.82) is 0 Å². The minimum atomic E-state index is -1.07. The van der Waals surface area contributed by atoms with Gasteiger partial charge < -0.3 is 15.7 Å². The number of hydrogen-bond acceptors (Lipinski definition) is 3. The fourth-order valence-electron chi connectivity index (χ4n) is 2.03. The first-order valence-electron chi connectivity index (χ1n) is 6.19. The van der Waals surface area contributed by atoms with Gasteiger partial charge in [-0.3, -0.25) is 0 Å². The number of nitrogens with zero attached hydrogens (tertiary/aromatic N) is 1. The summed E-state index contributed by atoms with van der Waals surface area (Å²) in [4.78, 5) is 13.0. The molecule has 2 aromatic rings. The van der Waals surface area contributed by atoms with E-state index in [-0.39, 0.29) is 17.1 Å². The van der Waals surface area contributed by atoms with Gasteiger partial charge in [0.1, 0.15) is 5.82 Å². The Kier molecular flexibility index (Phi) is 3.89. The van der Waals surface area contributed by atoms with E-state index in [2.05, 4.69) is 0 Å². The van der Waals surface area contributed by atoms with E-state index < -0.39 is 5.97 Å². The van der Waals surface area contributed by atoms with Crippen molar-refractivity contribution >= 4 is 23.0 Å². The van der Waals surface area contributed by atoms with E-state index in [1.165, 1.54) is 18.2 Å². The fourth-order valence-corrected chi connectivity index (χ4v) is 2.03. The number of halogens is 1. The molecule has 0 saturated carbocycles. The van der Waals surface area contributed by atoms with Crippen LogP contribution in [0.2, 0.25) is 0 Å². The highest BCUT2D eigenvalue weighted by atomic mass is 19.1. The van der Waals surface area contributed by atoms with E-state index in [0.29, 0.717) is 12.2 Å². The first-order chi connectivity index (χ1) is 9.52. The van der Waals surface area contributed by atoms with E-state index in [9.17, 15) is 9.18 Å². The van der Waals surface area contributed by atoms with Crippen LogP contribution in [-0.2, 0) is 0 Å². The molecule has 0 aromatic heterocycles. The third-order valence-corrected chi connectivity index (χ3v) is 3.03. The monoisotopic (exact) mass is 274 g/mol. The summed E-state index contributed by atoms with van der Waals surface area (Å²) in [6.45, 7) is 2.55. The van der Waals surface area contributed by atoms with Crippen molar-refractivity contribution in [2.45, 2.75) is 6.92 Å². The highest BCUT2D eigenvalue weighted by Gasteiger charge is 2.13. The van der Waals surface area contributed by atoms with Crippen molar-refractivity contribution < 1.29 is 14.3 Å². The number of carbonyl (C=O) groups is 1. The molecule has 0 amide bonds. The minimum absolute atomic E-state index is 0.0584. The number of rotatable bonds is 4. The number of nitrogen functional groups attached to an aromatic ring is 1. The summed E-state index contributed by atoms with van der Waals surface area (Å²) in [5.74, 6) is -1.38. The van der Waals surface area contributed by atoms with E-state index in [4.69, 9.17) is 10.8 Å². The zero-order chi connectivity index (χ0) is 14.7. The molecule has 104 valence electrons. The van der Waals surface area contributed by atoms with Gasteiger partial charge in [0.2, 0.25) is 0 Å². The van der Waals surface area contributed by atoms with Crippen LogP contribution in [-0.4, -0.2) is 17.6 Å².